The first kappa shape index (κ1) is 24.5. The molecule has 2 aliphatic heterocycles. The average molecular weight is 571 g/mol. The molecular formula is C31H27BrN2O4. The molecule has 0 bridgehead atoms. The number of amidine groups is 1. The lowest BCUT2D eigenvalue weighted by molar-refractivity contribution is -0.118. The fraction of sp³-hybridized carbons (Fsp3) is 0.226. The lowest BCUT2D eigenvalue weighted by atomic mass is 9.67. The fourth-order valence-corrected chi connectivity index (χ4v) is 6.08. The SMILES string of the molecule is CC1(C)CC(=O)C2=C(C1)N(c1cccc(Br)c1)C(=N)/C(=C(/O)c1ccccc1)[C@@H]2c1ccc2c(c1)OCO2. The summed E-state index contributed by atoms with van der Waals surface area (Å²) in [7, 11) is 0. The van der Waals surface area contributed by atoms with Gasteiger partial charge in [-0.1, -0.05) is 72.2 Å². The molecule has 3 aliphatic rings. The van der Waals surface area contributed by atoms with Crippen molar-refractivity contribution in [2.45, 2.75) is 32.6 Å². The lowest BCUT2D eigenvalue weighted by Crippen LogP contribution is -2.45. The van der Waals surface area contributed by atoms with Crippen LogP contribution in [-0.4, -0.2) is 23.5 Å². The van der Waals surface area contributed by atoms with Gasteiger partial charge in [0.1, 0.15) is 11.6 Å². The average Bonchev–Trinajstić information content (AvgIpc) is 3.35. The minimum atomic E-state index is -0.640. The van der Waals surface area contributed by atoms with Crippen LogP contribution >= 0.6 is 15.9 Å². The first-order valence-electron chi connectivity index (χ1n) is 12.5. The van der Waals surface area contributed by atoms with Gasteiger partial charge in [-0.15, -0.1) is 0 Å². The van der Waals surface area contributed by atoms with E-state index in [0.717, 1.165) is 21.4 Å². The Balaban J connectivity index is 1.67. The molecule has 0 fully saturated rings. The molecule has 1 aliphatic carbocycles. The predicted molar refractivity (Wildman–Crippen MR) is 151 cm³/mol. The number of hydrogen-bond donors (Lipinski definition) is 2. The molecule has 2 heterocycles. The zero-order valence-corrected chi connectivity index (χ0v) is 22.7. The summed E-state index contributed by atoms with van der Waals surface area (Å²) in [5.74, 6) is 0.717. The highest BCUT2D eigenvalue weighted by Crippen LogP contribution is 2.52. The Hall–Kier alpha value is -3.84. The number of Topliss-reactive ketones (excluding diaryl/α,β-unsaturated/α-hetero) is 1. The molecule has 7 heteroatoms. The van der Waals surface area contributed by atoms with Crippen molar-refractivity contribution in [1.82, 2.24) is 0 Å². The van der Waals surface area contributed by atoms with Crippen LogP contribution in [0.4, 0.5) is 5.69 Å². The van der Waals surface area contributed by atoms with Gasteiger partial charge in [0.15, 0.2) is 17.3 Å². The van der Waals surface area contributed by atoms with Crippen LogP contribution in [0.5, 0.6) is 11.5 Å². The molecule has 0 spiro atoms. The van der Waals surface area contributed by atoms with E-state index in [4.69, 9.17) is 9.47 Å². The van der Waals surface area contributed by atoms with Crippen LogP contribution in [0.3, 0.4) is 0 Å². The minimum Gasteiger partial charge on any atom is -0.507 e. The number of ketones is 1. The van der Waals surface area contributed by atoms with Crippen molar-refractivity contribution < 1.29 is 19.4 Å². The second-order valence-electron chi connectivity index (χ2n) is 10.6. The molecule has 0 aromatic heterocycles. The van der Waals surface area contributed by atoms with Crippen molar-refractivity contribution in [2.24, 2.45) is 5.41 Å². The Labute approximate surface area is 229 Å². The van der Waals surface area contributed by atoms with Crippen molar-refractivity contribution >= 4 is 39.0 Å². The maximum atomic E-state index is 14.0. The van der Waals surface area contributed by atoms with E-state index in [1.807, 2.05) is 77.7 Å². The van der Waals surface area contributed by atoms with Crippen LogP contribution in [0.2, 0.25) is 0 Å². The van der Waals surface area contributed by atoms with Crippen molar-refractivity contribution in [1.29, 1.82) is 5.41 Å². The molecule has 1 atom stereocenters. The molecule has 0 saturated heterocycles. The summed E-state index contributed by atoms with van der Waals surface area (Å²) in [6.07, 6.45) is 0.995. The van der Waals surface area contributed by atoms with Crippen molar-refractivity contribution in [3.63, 3.8) is 0 Å². The van der Waals surface area contributed by atoms with Crippen molar-refractivity contribution in [3.05, 3.63) is 105 Å². The molecule has 0 amide bonds. The summed E-state index contributed by atoms with van der Waals surface area (Å²) in [5, 5.41) is 21.3. The number of carbonyl (C=O) groups is 1. The van der Waals surface area contributed by atoms with Crippen molar-refractivity contribution in [3.8, 4) is 11.5 Å². The Morgan fingerprint density at radius 3 is 2.53 bits per heavy atom. The standard InChI is InChI=1S/C31H27BrN2O4/c1-31(2)15-22-27(23(35)16-31)26(19-11-12-24-25(13-19)38-17-37-24)28(29(36)18-7-4-3-5-8-18)30(33)34(22)21-10-6-9-20(32)14-21/h3-14,26,33,36H,15-17H2,1-2H3/b29-28+,33-30?/t26-/m1/s1. The maximum absolute atomic E-state index is 14.0. The zero-order chi connectivity index (χ0) is 26.6. The quantitative estimate of drug-likeness (QED) is 0.321. The molecule has 0 unspecified atom stereocenters. The first-order valence-corrected chi connectivity index (χ1v) is 13.3. The van der Waals surface area contributed by atoms with E-state index < -0.39 is 5.92 Å². The van der Waals surface area contributed by atoms with Gasteiger partial charge in [0, 0.05) is 44.9 Å². The third-order valence-electron chi connectivity index (χ3n) is 7.32. The number of rotatable bonds is 3. The van der Waals surface area contributed by atoms with E-state index >= 15 is 0 Å². The number of halogens is 1. The van der Waals surface area contributed by atoms with Gasteiger partial charge < -0.3 is 14.6 Å². The highest BCUT2D eigenvalue weighted by molar-refractivity contribution is 9.10. The lowest BCUT2D eigenvalue weighted by Gasteiger charge is -2.45. The van der Waals surface area contributed by atoms with Gasteiger partial charge >= 0.3 is 0 Å². The largest absolute Gasteiger partial charge is 0.507 e. The highest BCUT2D eigenvalue weighted by atomic mass is 79.9. The number of anilines is 1. The van der Waals surface area contributed by atoms with Gasteiger partial charge in [-0.25, -0.2) is 0 Å². The van der Waals surface area contributed by atoms with E-state index in [9.17, 15) is 15.3 Å². The Morgan fingerprint density at radius 2 is 1.76 bits per heavy atom. The van der Waals surface area contributed by atoms with Crippen LogP contribution in [0.25, 0.3) is 5.76 Å². The summed E-state index contributed by atoms with van der Waals surface area (Å²) in [6, 6.07) is 22.5. The normalized spacial score (nSPS) is 21.4. The Kier molecular flexibility index (Phi) is 5.91. The van der Waals surface area contributed by atoms with Crippen LogP contribution in [-0.2, 0) is 4.79 Å². The Bertz CT molecular complexity index is 1540. The molecule has 2 N–H and O–H groups in total. The van der Waals surface area contributed by atoms with Gasteiger partial charge in [0.05, 0.1) is 0 Å². The number of benzene rings is 3. The molecule has 6 rings (SSSR count). The van der Waals surface area contributed by atoms with Crippen LogP contribution in [0.1, 0.15) is 43.7 Å². The highest BCUT2D eigenvalue weighted by Gasteiger charge is 2.47. The molecular weight excluding hydrogens is 544 g/mol. The second-order valence-corrected chi connectivity index (χ2v) is 11.6. The third kappa shape index (κ3) is 4.11. The maximum Gasteiger partial charge on any atom is 0.231 e. The number of aliphatic hydroxyl groups is 1. The van der Waals surface area contributed by atoms with Gasteiger partial charge in [-0.05, 0) is 47.7 Å². The monoisotopic (exact) mass is 570 g/mol. The molecule has 0 radical (unpaired) electrons. The molecule has 38 heavy (non-hydrogen) atoms. The number of aliphatic hydroxyl groups excluding tert-OH is 1. The third-order valence-corrected chi connectivity index (χ3v) is 7.81. The summed E-state index contributed by atoms with van der Waals surface area (Å²) < 4.78 is 12.1. The number of hydrogen-bond acceptors (Lipinski definition) is 5. The number of nitrogens with zero attached hydrogens (tertiary/aromatic N) is 1. The fourth-order valence-electron chi connectivity index (χ4n) is 5.69. The smallest absolute Gasteiger partial charge is 0.231 e. The minimum absolute atomic E-state index is 0.0183. The summed E-state index contributed by atoms with van der Waals surface area (Å²) >= 11 is 3.56. The van der Waals surface area contributed by atoms with Crippen LogP contribution in [0, 0.1) is 10.8 Å². The number of carbonyl (C=O) groups excluding carboxylic acids is 1. The van der Waals surface area contributed by atoms with E-state index in [-0.39, 0.29) is 29.6 Å². The van der Waals surface area contributed by atoms with Crippen LogP contribution in [0.15, 0.2) is 94.1 Å². The summed E-state index contributed by atoms with van der Waals surface area (Å²) in [6.45, 7) is 4.30. The van der Waals surface area contributed by atoms with E-state index in [0.29, 0.717) is 41.1 Å². The zero-order valence-electron chi connectivity index (χ0n) is 21.1. The van der Waals surface area contributed by atoms with E-state index in [1.165, 1.54) is 0 Å². The molecule has 3 aromatic rings. The molecule has 0 saturated carbocycles. The van der Waals surface area contributed by atoms with E-state index in [1.54, 1.807) is 0 Å². The number of fused-ring (bicyclic) bond motifs is 1. The van der Waals surface area contributed by atoms with Gasteiger partial charge in [0.25, 0.3) is 0 Å². The van der Waals surface area contributed by atoms with Crippen LogP contribution < -0.4 is 14.4 Å². The summed E-state index contributed by atoms with van der Waals surface area (Å²) in [4.78, 5) is 15.8. The molecule has 3 aromatic carbocycles. The molecule has 6 nitrogen and oxygen atoms in total. The predicted octanol–water partition coefficient (Wildman–Crippen LogP) is 7.37. The summed E-state index contributed by atoms with van der Waals surface area (Å²) in [5.41, 5.74) is 3.61. The number of allylic oxidation sites excluding steroid dienone is 2. The van der Waals surface area contributed by atoms with Gasteiger partial charge in [0.2, 0.25) is 6.79 Å². The number of ether oxygens (including phenoxy) is 2. The van der Waals surface area contributed by atoms with E-state index in [2.05, 4.69) is 29.8 Å². The molecule has 192 valence electrons. The number of nitrogens with one attached hydrogen (secondary N) is 1. The topological polar surface area (TPSA) is 82.9 Å². The Morgan fingerprint density at radius 1 is 1.00 bits per heavy atom. The van der Waals surface area contributed by atoms with Crippen molar-refractivity contribution in [2.75, 3.05) is 11.7 Å². The second kappa shape index (κ2) is 9.17. The van der Waals surface area contributed by atoms with Gasteiger partial charge in [-0.3, -0.25) is 15.1 Å². The first-order chi connectivity index (χ1) is 18.2. The van der Waals surface area contributed by atoms with Gasteiger partial charge in [-0.2, -0.15) is 0 Å².